The van der Waals surface area contributed by atoms with Crippen molar-refractivity contribution < 1.29 is 23.7 Å². The molecule has 51 heavy (non-hydrogen) atoms. The van der Waals surface area contributed by atoms with Crippen molar-refractivity contribution in [1.82, 2.24) is 4.57 Å². The van der Waals surface area contributed by atoms with Gasteiger partial charge >= 0.3 is 5.97 Å². The van der Waals surface area contributed by atoms with Gasteiger partial charge in [0.1, 0.15) is 12.4 Å². The molecule has 0 radical (unpaired) electrons. The molecular formula is C41H37ClN2O6S. The van der Waals surface area contributed by atoms with Gasteiger partial charge < -0.3 is 18.9 Å². The van der Waals surface area contributed by atoms with E-state index in [1.807, 2.05) is 104 Å². The smallest absolute Gasteiger partial charge is 0.338 e. The molecule has 6 rings (SSSR count). The number of thiazole rings is 1. The van der Waals surface area contributed by atoms with Crippen molar-refractivity contribution in [3.63, 3.8) is 0 Å². The molecule has 1 atom stereocenters. The van der Waals surface area contributed by atoms with E-state index in [0.29, 0.717) is 55.9 Å². The Morgan fingerprint density at radius 3 is 2.47 bits per heavy atom. The SMILES string of the molecule is C=CCc1cc(/C=c2/sc3n(c2=O)[C@@H](c2cccc(OC)c2)C(C(=O)OCC)=C(c2ccccc2)N=3)cc(OCC)c1OCc1ccccc1Cl. The van der Waals surface area contributed by atoms with Gasteiger partial charge in [-0.15, -0.1) is 6.58 Å². The molecule has 8 nitrogen and oxygen atoms in total. The minimum absolute atomic E-state index is 0.160. The summed E-state index contributed by atoms with van der Waals surface area (Å²) in [7, 11) is 1.58. The zero-order chi connectivity index (χ0) is 35.9. The highest BCUT2D eigenvalue weighted by atomic mass is 35.5. The Bertz CT molecular complexity index is 2290. The second-order valence-corrected chi connectivity index (χ2v) is 12.9. The average molecular weight is 721 g/mol. The minimum Gasteiger partial charge on any atom is -0.497 e. The summed E-state index contributed by atoms with van der Waals surface area (Å²) in [5, 5.41) is 0.613. The summed E-state index contributed by atoms with van der Waals surface area (Å²) in [4.78, 5) is 33.7. The van der Waals surface area contributed by atoms with Gasteiger partial charge in [0.05, 0.1) is 42.2 Å². The Kier molecular flexibility index (Phi) is 11.2. The Morgan fingerprint density at radius 2 is 1.75 bits per heavy atom. The van der Waals surface area contributed by atoms with E-state index in [4.69, 9.17) is 35.5 Å². The molecule has 0 aliphatic carbocycles. The molecule has 0 N–H and O–H groups in total. The fourth-order valence-corrected chi connectivity index (χ4v) is 7.18. The number of carbonyl (C=O) groups is 1. The number of fused-ring (bicyclic) bond motifs is 1. The van der Waals surface area contributed by atoms with Gasteiger partial charge in [-0.2, -0.15) is 0 Å². The van der Waals surface area contributed by atoms with Gasteiger partial charge in [-0.3, -0.25) is 9.36 Å². The van der Waals surface area contributed by atoms with Gasteiger partial charge in [0.25, 0.3) is 5.56 Å². The standard InChI is InChI=1S/C41H37ClN2O6S/c1-5-14-29-21-26(22-33(48-6-2)38(29)50-25-30-17-11-12-20-32(30)42)23-34-39(45)44-37(28-18-13-19-31(24-28)47-4)35(40(46)49-7-3)36(43-41(44)51-34)27-15-9-8-10-16-27/h5,8-13,15-24,37H,1,6-7,14,25H2,2-4H3/b34-23+/t37-/m0/s1. The molecule has 5 aromatic rings. The third-order valence-electron chi connectivity index (χ3n) is 8.23. The van der Waals surface area contributed by atoms with Crippen LogP contribution in [-0.4, -0.2) is 30.9 Å². The van der Waals surface area contributed by atoms with Crippen molar-refractivity contribution in [2.75, 3.05) is 20.3 Å². The molecule has 260 valence electrons. The molecule has 0 saturated carbocycles. The molecular weight excluding hydrogens is 684 g/mol. The van der Waals surface area contributed by atoms with E-state index in [-0.39, 0.29) is 24.3 Å². The van der Waals surface area contributed by atoms with Crippen molar-refractivity contribution in [2.24, 2.45) is 4.99 Å². The maximum Gasteiger partial charge on any atom is 0.338 e. The lowest BCUT2D eigenvalue weighted by molar-refractivity contribution is -0.138. The number of halogens is 1. The van der Waals surface area contributed by atoms with Gasteiger partial charge in [-0.1, -0.05) is 89.7 Å². The van der Waals surface area contributed by atoms with Crippen molar-refractivity contribution in [1.29, 1.82) is 0 Å². The topological polar surface area (TPSA) is 88.4 Å². The molecule has 0 bridgehead atoms. The molecule has 2 heterocycles. The lowest BCUT2D eigenvalue weighted by Gasteiger charge is -2.26. The summed E-state index contributed by atoms with van der Waals surface area (Å²) in [6.45, 7) is 8.42. The van der Waals surface area contributed by atoms with Gasteiger partial charge in [0.2, 0.25) is 0 Å². The number of benzene rings is 4. The molecule has 0 spiro atoms. The molecule has 10 heteroatoms. The quantitative estimate of drug-likeness (QED) is 0.0937. The molecule has 0 unspecified atom stereocenters. The fourth-order valence-electron chi connectivity index (χ4n) is 5.98. The van der Waals surface area contributed by atoms with Crippen LogP contribution in [0.1, 0.15) is 47.7 Å². The highest BCUT2D eigenvalue weighted by Gasteiger charge is 2.35. The van der Waals surface area contributed by atoms with Crippen LogP contribution in [0.2, 0.25) is 5.02 Å². The second kappa shape index (κ2) is 16.1. The number of hydrogen-bond donors (Lipinski definition) is 0. The van der Waals surface area contributed by atoms with Crippen molar-refractivity contribution in [2.45, 2.75) is 32.9 Å². The molecule has 1 aromatic heterocycles. The number of aromatic nitrogens is 1. The summed E-state index contributed by atoms with van der Waals surface area (Å²) in [5.41, 5.74) is 4.24. The highest BCUT2D eigenvalue weighted by molar-refractivity contribution is 7.07. The van der Waals surface area contributed by atoms with E-state index in [2.05, 4.69) is 6.58 Å². The summed E-state index contributed by atoms with van der Waals surface area (Å²) < 4.78 is 25.5. The van der Waals surface area contributed by atoms with Crippen LogP contribution in [0.15, 0.2) is 119 Å². The predicted octanol–water partition coefficient (Wildman–Crippen LogP) is 7.30. The van der Waals surface area contributed by atoms with Crippen LogP contribution in [0.4, 0.5) is 0 Å². The van der Waals surface area contributed by atoms with E-state index >= 15 is 0 Å². The minimum atomic E-state index is -0.830. The zero-order valence-electron chi connectivity index (χ0n) is 28.6. The van der Waals surface area contributed by atoms with E-state index in [9.17, 15) is 9.59 Å². The Labute approximate surface area is 305 Å². The van der Waals surface area contributed by atoms with Crippen LogP contribution in [0.5, 0.6) is 17.2 Å². The third kappa shape index (κ3) is 7.55. The van der Waals surface area contributed by atoms with E-state index in [1.54, 1.807) is 24.7 Å². The number of allylic oxidation sites excluding steroid dienone is 1. The Hall–Kier alpha value is -5.38. The van der Waals surface area contributed by atoms with Crippen LogP contribution in [0.3, 0.4) is 0 Å². The highest BCUT2D eigenvalue weighted by Crippen LogP contribution is 2.37. The third-order valence-corrected chi connectivity index (χ3v) is 9.58. The number of carbonyl (C=O) groups excluding carboxylic acids is 1. The maximum absolute atomic E-state index is 14.5. The lowest BCUT2D eigenvalue weighted by atomic mass is 9.93. The van der Waals surface area contributed by atoms with Crippen LogP contribution >= 0.6 is 22.9 Å². The molecule has 0 amide bonds. The summed E-state index contributed by atoms with van der Waals surface area (Å²) in [6, 6.07) is 27.3. The van der Waals surface area contributed by atoms with Crippen LogP contribution in [0, 0.1) is 0 Å². The largest absolute Gasteiger partial charge is 0.497 e. The number of hydrogen-bond acceptors (Lipinski definition) is 8. The number of esters is 1. The van der Waals surface area contributed by atoms with Crippen LogP contribution in [-0.2, 0) is 22.6 Å². The monoisotopic (exact) mass is 720 g/mol. The van der Waals surface area contributed by atoms with Gasteiger partial charge in [-0.25, -0.2) is 9.79 Å². The summed E-state index contributed by atoms with van der Waals surface area (Å²) in [6.07, 6.45) is 4.11. The average Bonchev–Trinajstić information content (AvgIpc) is 3.45. The van der Waals surface area contributed by atoms with Crippen LogP contribution in [0.25, 0.3) is 11.8 Å². The molecule has 1 aliphatic rings. The maximum atomic E-state index is 14.5. The molecule has 0 fully saturated rings. The number of methoxy groups -OCH3 is 1. The van der Waals surface area contributed by atoms with Gasteiger partial charge in [0, 0.05) is 21.7 Å². The van der Waals surface area contributed by atoms with E-state index in [0.717, 1.165) is 22.3 Å². The second-order valence-electron chi connectivity index (χ2n) is 11.5. The van der Waals surface area contributed by atoms with E-state index < -0.39 is 12.0 Å². The predicted molar refractivity (Wildman–Crippen MR) is 201 cm³/mol. The van der Waals surface area contributed by atoms with Crippen molar-refractivity contribution in [3.05, 3.63) is 162 Å². The van der Waals surface area contributed by atoms with Crippen molar-refractivity contribution in [3.8, 4) is 17.2 Å². The Morgan fingerprint density at radius 1 is 0.961 bits per heavy atom. The molecule has 4 aromatic carbocycles. The molecule has 1 aliphatic heterocycles. The number of ether oxygens (including phenoxy) is 4. The Balaban J connectivity index is 1.54. The number of rotatable bonds is 13. The first kappa shape index (κ1) is 35.4. The first-order valence-corrected chi connectivity index (χ1v) is 17.7. The fraction of sp³-hybridized carbons (Fsp3) is 0.195. The van der Waals surface area contributed by atoms with Gasteiger partial charge in [-0.05, 0) is 67.8 Å². The summed E-state index contributed by atoms with van der Waals surface area (Å²) in [5.74, 6) is 1.16. The van der Waals surface area contributed by atoms with E-state index in [1.165, 1.54) is 11.3 Å². The van der Waals surface area contributed by atoms with Crippen molar-refractivity contribution >= 4 is 40.7 Å². The first-order valence-electron chi connectivity index (χ1n) is 16.6. The number of nitrogens with zero attached hydrogens (tertiary/aromatic N) is 2. The first-order chi connectivity index (χ1) is 24.9. The summed E-state index contributed by atoms with van der Waals surface area (Å²) >= 11 is 7.66. The lowest BCUT2D eigenvalue weighted by Crippen LogP contribution is -2.40. The van der Waals surface area contributed by atoms with Gasteiger partial charge in [0.15, 0.2) is 16.3 Å². The van der Waals surface area contributed by atoms with Crippen LogP contribution < -0.4 is 29.1 Å². The zero-order valence-corrected chi connectivity index (χ0v) is 30.1. The molecule has 0 saturated heterocycles. The normalized spacial score (nSPS) is 14.0.